The molecule has 3 heteroatoms. The van der Waals surface area contributed by atoms with Crippen molar-refractivity contribution in [2.75, 3.05) is 18.2 Å². The lowest BCUT2D eigenvalue weighted by Gasteiger charge is -2.22. The molecule has 0 atom stereocenters. The van der Waals surface area contributed by atoms with E-state index in [1.54, 1.807) is 11.8 Å². The average molecular weight is 272 g/mol. The van der Waals surface area contributed by atoms with E-state index in [9.17, 15) is 0 Å². The first-order chi connectivity index (χ1) is 9.13. The topological polar surface area (TPSA) is 16.1 Å². The first-order valence-electron chi connectivity index (χ1n) is 6.45. The molecule has 1 heterocycles. The van der Waals surface area contributed by atoms with Crippen LogP contribution in [0.25, 0.3) is 0 Å². The van der Waals surface area contributed by atoms with Crippen LogP contribution in [0.4, 0.5) is 11.4 Å². The van der Waals surface area contributed by atoms with E-state index >= 15 is 0 Å². The molecule has 0 amide bonds. The van der Waals surface area contributed by atoms with Gasteiger partial charge in [-0.1, -0.05) is 26.0 Å². The van der Waals surface area contributed by atoms with Gasteiger partial charge in [0, 0.05) is 30.0 Å². The second kappa shape index (κ2) is 6.11. The molecule has 100 valence electrons. The SMILES string of the molecule is CSc1cnccc1N(C)c1ccc(C(C)C)cc1. The molecule has 0 saturated carbocycles. The van der Waals surface area contributed by atoms with E-state index in [4.69, 9.17) is 0 Å². The van der Waals surface area contributed by atoms with E-state index in [1.807, 2.05) is 12.4 Å². The number of aromatic nitrogens is 1. The summed E-state index contributed by atoms with van der Waals surface area (Å²) in [6, 6.07) is 10.8. The van der Waals surface area contributed by atoms with E-state index in [0.29, 0.717) is 5.92 Å². The van der Waals surface area contributed by atoms with Crippen molar-refractivity contribution in [2.24, 2.45) is 0 Å². The maximum atomic E-state index is 4.18. The van der Waals surface area contributed by atoms with Crippen LogP contribution < -0.4 is 4.90 Å². The van der Waals surface area contributed by atoms with Gasteiger partial charge in [0.25, 0.3) is 0 Å². The van der Waals surface area contributed by atoms with E-state index in [2.05, 4.69) is 67.4 Å². The zero-order valence-corrected chi connectivity index (χ0v) is 12.7. The molecule has 0 N–H and O–H groups in total. The van der Waals surface area contributed by atoms with Crippen molar-refractivity contribution in [3.05, 3.63) is 48.3 Å². The zero-order valence-electron chi connectivity index (χ0n) is 11.9. The maximum Gasteiger partial charge on any atom is 0.0577 e. The normalized spacial score (nSPS) is 10.8. The second-order valence-corrected chi connectivity index (χ2v) is 5.70. The fourth-order valence-corrected chi connectivity index (χ4v) is 2.61. The second-order valence-electron chi connectivity index (χ2n) is 4.85. The summed E-state index contributed by atoms with van der Waals surface area (Å²) >= 11 is 1.72. The summed E-state index contributed by atoms with van der Waals surface area (Å²) < 4.78 is 0. The summed E-state index contributed by atoms with van der Waals surface area (Å²) in [7, 11) is 2.10. The number of nitrogens with zero attached hydrogens (tertiary/aromatic N) is 2. The Morgan fingerprint density at radius 1 is 1.11 bits per heavy atom. The molecule has 2 rings (SSSR count). The summed E-state index contributed by atoms with van der Waals surface area (Å²) in [5.74, 6) is 0.571. The van der Waals surface area contributed by atoms with Crippen LogP contribution in [0.1, 0.15) is 25.3 Å². The van der Waals surface area contributed by atoms with E-state index in [0.717, 1.165) is 0 Å². The molecule has 2 nitrogen and oxygen atoms in total. The van der Waals surface area contributed by atoms with E-state index < -0.39 is 0 Å². The Hall–Kier alpha value is -1.48. The monoisotopic (exact) mass is 272 g/mol. The van der Waals surface area contributed by atoms with Gasteiger partial charge >= 0.3 is 0 Å². The molecule has 0 aliphatic rings. The minimum atomic E-state index is 0.571. The van der Waals surface area contributed by atoms with Gasteiger partial charge in [0.1, 0.15) is 0 Å². The molecule has 0 radical (unpaired) electrons. The van der Waals surface area contributed by atoms with Crippen LogP contribution in [0.15, 0.2) is 47.6 Å². The number of thioether (sulfide) groups is 1. The molecular formula is C16H20N2S. The zero-order chi connectivity index (χ0) is 13.8. The Labute approximate surface area is 119 Å². The van der Waals surface area contributed by atoms with Gasteiger partial charge in [-0.15, -0.1) is 11.8 Å². The predicted octanol–water partition coefficient (Wildman–Crippen LogP) is 4.69. The molecule has 0 fully saturated rings. The summed E-state index contributed by atoms with van der Waals surface area (Å²) in [6.07, 6.45) is 5.84. The van der Waals surface area contributed by atoms with E-state index in [-0.39, 0.29) is 0 Å². The first-order valence-corrected chi connectivity index (χ1v) is 7.67. The number of anilines is 2. The van der Waals surface area contributed by atoms with Crippen molar-refractivity contribution in [2.45, 2.75) is 24.7 Å². The highest BCUT2D eigenvalue weighted by molar-refractivity contribution is 7.98. The number of rotatable bonds is 4. The van der Waals surface area contributed by atoms with Gasteiger partial charge in [-0.3, -0.25) is 4.98 Å². The fourth-order valence-electron chi connectivity index (χ4n) is 2.03. The molecule has 0 aliphatic heterocycles. The number of benzene rings is 1. The number of pyridine rings is 1. The Morgan fingerprint density at radius 2 is 1.79 bits per heavy atom. The minimum Gasteiger partial charge on any atom is -0.344 e. The summed E-state index contributed by atoms with van der Waals surface area (Å²) in [4.78, 5) is 7.58. The quantitative estimate of drug-likeness (QED) is 0.751. The third-order valence-electron chi connectivity index (χ3n) is 3.29. The average Bonchev–Trinajstić information content (AvgIpc) is 2.46. The number of hydrogen-bond donors (Lipinski definition) is 0. The van der Waals surface area contributed by atoms with Gasteiger partial charge in [-0.25, -0.2) is 0 Å². The van der Waals surface area contributed by atoms with Crippen LogP contribution in [0.2, 0.25) is 0 Å². The molecule has 0 aliphatic carbocycles. The Bertz CT molecular complexity index is 535. The molecule has 0 unspecified atom stereocenters. The highest BCUT2D eigenvalue weighted by atomic mass is 32.2. The summed E-state index contributed by atoms with van der Waals surface area (Å²) in [5, 5.41) is 0. The predicted molar refractivity (Wildman–Crippen MR) is 84.6 cm³/mol. The molecule has 1 aromatic heterocycles. The van der Waals surface area contributed by atoms with Crippen molar-refractivity contribution in [1.29, 1.82) is 0 Å². The largest absolute Gasteiger partial charge is 0.344 e. The van der Waals surface area contributed by atoms with Gasteiger partial charge in [0.2, 0.25) is 0 Å². The first kappa shape index (κ1) is 13.9. The van der Waals surface area contributed by atoms with Crippen LogP contribution in [0.3, 0.4) is 0 Å². The van der Waals surface area contributed by atoms with Crippen molar-refractivity contribution in [3.63, 3.8) is 0 Å². The molecule has 2 aromatic rings. The lowest BCUT2D eigenvalue weighted by molar-refractivity contribution is 0.866. The third-order valence-corrected chi connectivity index (χ3v) is 4.05. The Kier molecular flexibility index (Phi) is 4.48. The smallest absolute Gasteiger partial charge is 0.0577 e. The third kappa shape index (κ3) is 3.10. The molecule has 1 aromatic carbocycles. The summed E-state index contributed by atoms with van der Waals surface area (Å²) in [6.45, 7) is 4.43. The van der Waals surface area contributed by atoms with Crippen molar-refractivity contribution in [1.82, 2.24) is 4.98 Å². The van der Waals surface area contributed by atoms with E-state index in [1.165, 1.54) is 21.8 Å². The van der Waals surface area contributed by atoms with Crippen molar-refractivity contribution in [3.8, 4) is 0 Å². The van der Waals surface area contributed by atoms with Crippen LogP contribution in [-0.4, -0.2) is 18.3 Å². The highest BCUT2D eigenvalue weighted by Gasteiger charge is 2.09. The van der Waals surface area contributed by atoms with Gasteiger partial charge in [0.15, 0.2) is 0 Å². The molecule has 0 bridgehead atoms. The van der Waals surface area contributed by atoms with Crippen molar-refractivity contribution < 1.29 is 0 Å². The van der Waals surface area contributed by atoms with Gasteiger partial charge in [0.05, 0.1) is 5.69 Å². The van der Waals surface area contributed by atoms with Crippen LogP contribution in [-0.2, 0) is 0 Å². The lowest BCUT2D eigenvalue weighted by Crippen LogP contribution is -2.10. The van der Waals surface area contributed by atoms with Crippen molar-refractivity contribution >= 4 is 23.1 Å². The maximum absolute atomic E-state index is 4.18. The van der Waals surface area contributed by atoms with Crippen LogP contribution in [0.5, 0.6) is 0 Å². The fraction of sp³-hybridized carbons (Fsp3) is 0.312. The lowest BCUT2D eigenvalue weighted by atomic mass is 10.0. The molecule has 0 spiro atoms. The Balaban J connectivity index is 2.30. The van der Waals surface area contributed by atoms with Gasteiger partial charge in [-0.2, -0.15) is 0 Å². The molecule has 0 saturated heterocycles. The molecule has 19 heavy (non-hydrogen) atoms. The molecular weight excluding hydrogens is 252 g/mol. The Morgan fingerprint density at radius 3 is 2.37 bits per heavy atom. The standard InChI is InChI=1S/C16H20N2S/c1-12(2)13-5-7-14(8-6-13)18(3)15-9-10-17-11-16(15)19-4/h5-12H,1-4H3. The minimum absolute atomic E-state index is 0.571. The van der Waals surface area contributed by atoms with Crippen LogP contribution >= 0.6 is 11.8 Å². The van der Waals surface area contributed by atoms with Crippen LogP contribution in [0, 0.1) is 0 Å². The van der Waals surface area contributed by atoms with Gasteiger partial charge < -0.3 is 4.90 Å². The highest BCUT2D eigenvalue weighted by Crippen LogP contribution is 2.32. The summed E-state index contributed by atoms with van der Waals surface area (Å²) in [5.41, 5.74) is 3.77. The number of hydrogen-bond acceptors (Lipinski definition) is 3. The van der Waals surface area contributed by atoms with Gasteiger partial charge in [-0.05, 0) is 35.9 Å².